The van der Waals surface area contributed by atoms with Crippen LogP contribution in [0.1, 0.15) is 0 Å². The maximum atomic E-state index is 11.9. The van der Waals surface area contributed by atoms with Crippen molar-refractivity contribution in [2.45, 2.75) is 6.54 Å². The van der Waals surface area contributed by atoms with Crippen LogP contribution in [0.3, 0.4) is 0 Å². The van der Waals surface area contributed by atoms with Gasteiger partial charge in [0.15, 0.2) is 0 Å². The Morgan fingerprint density at radius 2 is 2.25 bits per heavy atom. The predicted octanol–water partition coefficient (Wildman–Crippen LogP) is 1.65. The summed E-state index contributed by atoms with van der Waals surface area (Å²) < 4.78 is 1.49. The number of amides is 1. The Labute approximate surface area is 115 Å². The van der Waals surface area contributed by atoms with Crippen LogP contribution in [0.25, 0.3) is 10.9 Å². The number of carbonyl (C=O) groups excluding carboxylic acids is 1. The second-order valence-corrected chi connectivity index (χ2v) is 4.43. The summed E-state index contributed by atoms with van der Waals surface area (Å²) in [6.45, 7) is 0.127. The normalized spacial score (nSPS) is 10.6. The summed E-state index contributed by atoms with van der Waals surface area (Å²) in [5.74, 6) is -0.156. The second kappa shape index (κ2) is 5.00. The minimum Gasteiger partial charge on any atom is -0.396 e. The molecule has 0 spiro atoms. The molecule has 0 saturated carbocycles. The number of aromatic nitrogens is 3. The van der Waals surface area contributed by atoms with Gasteiger partial charge in [0.25, 0.3) is 0 Å². The Kier molecular flexibility index (Phi) is 3.04. The molecule has 1 amide bonds. The first-order chi connectivity index (χ1) is 9.70. The van der Waals surface area contributed by atoms with Crippen LogP contribution < -0.4 is 11.1 Å². The van der Waals surface area contributed by atoms with Crippen molar-refractivity contribution in [1.29, 1.82) is 0 Å². The third kappa shape index (κ3) is 2.59. The molecule has 0 unspecified atom stereocenters. The van der Waals surface area contributed by atoms with Crippen molar-refractivity contribution in [3.05, 3.63) is 48.9 Å². The number of nitrogens with two attached hydrogens (primary N) is 1. The van der Waals surface area contributed by atoms with Gasteiger partial charge in [-0.15, -0.1) is 0 Å². The van der Waals surface area contributed by atoms with Crippen LogP contribution in [0.15, 0.2) is 48.9 Å². The number of fused-ring (bicyclic) bond motifs is 1. The molecule has 0 aliphatic carbocycles. The van der Waals surface area contributed by atoms with E-state index in [2.05, 4.69) is 15.4 Å². The average molecular weight is 267 g/mol. The monoisotopic (exact) mass is 267 g/mol. The van der Waals surface area contributed by atoms with Gasteiger partial charge in [0.05, 0.1) is 17.4 Å². The average Bonchev–Trinajstić information content (AvgIpc) is 2.83. The zero-order valence-corrected chi connectivity index (χ0v) is 10.7. The first kappa shape index (κ1) is 12.2. The molecule has 6 nitrogen and oxygen atoms in total. The lowest BCUT2D eigenvalue weighted by atomic mass is 10.2. The second-order valence-electron chi connectivity index (χ2n) is 4.43. The highest BCUT2D eigenvalue weighted by Crippen LogP contribution is 2.16. The van der Waals surface area contributed by atoms with E-state index in [4.69, 9.17) is 5.73 Å². The van der Waals surface area contributed by atoms with Crippen LogP contribution in [0, 0.1) is 0 Å². The van der Waals surface area contributed by atoms with Gasteiger partial charge < -0.3 is 11.1 Å². The van der Waals surface area contributed by atoms with E-state index >= 15 is 0 Å². The number of benzene rings is 1. The highest BCUT2D eigenvalue weighted by atomic mass is 16.2. The van der Waals surface area contributed by atoms with Gasteiger partial charge in [-0.05, 0) is 24.3 Å². The molecular weight excluding hydrogens is 254 g/mol. The molecule has 20 heavy (non-hydrogen) atoms. The van der Waals surface area contributed by atoms with E-state index in [1.165, 1.54) is 10.9 Å². The summed E-state index contributed by atoms with van der Waals surface area (Å²) in [6.07, 6.45) is 4.86. The number of hydrogen-bond donors (Lipinski definition) is 2. The van der Waals surface area contributed by atoms with Crippen molar-refractivity contribution in [3.63, 3.8) is 0 Å². The Balaban J connectivity index is 1.73. The van der Waals surface area contributed by atoms with Gasteiger partial charge in [-0.1, -0.05) is 6.07 Å². The molecule has 0 aliphatic rings. The van der Waals surface area contributed by atoms with Crippen LogP contribution in [0.4, 0.5) is 11.4 Å². The maximum Gasteiger partial charge on any atom is 0.246 e. The molecule has 100 valence electrons. The fraction of sp³-hybridized carbons (Fsp3) is 0.0714. The van der Waals surface area contributed by atoms with Crippen molar-refractivity contribution < 1.29 is 4.79 Å². The number of nitrogens with zero attached hydrogens (tertiary/aromatic N) is 3. The third-order valence-corrected chi connectivity index (χ3v) is 2.85. The third-order valence-electron chi connectivity index (χ3n) is 2.85. The van der Waals surface area contributed by atoms with Crippen LogP contribution in [-0.4, -0.2) is 20.7 Å². The van der Waals surface area contributed by atoms with Crippen molar-refractivity contribution >= 4 is 28.2 Å². The van der Waals surface area contributed by atoms with Gasteiger partial charge in [0.2, 0.25) is 5.91 Å². The topological polar surface area (TPSA) is 85.8 Å². The van der Waals surface area contributed by atoms with Gasteiger partial charge >= 0.3 is 0 Å². The summed E-state index contributed by atoms with van der Waals surface area (Å²) >= 11 is 0. The fourth-order valence-electron chi connectivity index (χ4n) is 1.97. The van der Waals surface area contributed by atoms with Gasteiger partial charge in [-0.3, -0.25) is 14.5 Å². The smallest absolute Gasteiger partial charge is 0.246 e. The summed E-state index contributed by atoms with van der Waals surface area (Å²) in [5.41, 5.74) is 7.71. The van der Waals surface area contributed by atoms with Crippen LogP contribution >= 0.6 is 0 Å². The maximum absolute atomic E-state index is 11.9. The Morgan fingerprint density at radius 3 is 3.05 bits per heavy atom. The fourth-order valence-corrected chi connectivity index (χ4v) is 1.97. The van der Waals surface area contributed by atoms with E-state index < -0.39 is 0 Å². The Hall–Kier alpha value is -2.89. The van der Waals surface area contributed by atoms with E-state index in [1.807, 2.05) is 30.3 Å². The van der Waals surface area contributed by atoms with E-state index in [9.17, 15) is 4.79 Å². The summed E-state index contributed by atoms with van der Waals surface area (Å²) in [5, 5.41) is 7.77. The lowest BCUT2D eigenvalue weighted by molar-refractivity contribution is -0.116. The molecule has 2 heterocycles. The molecule has 0 radical (unpaired) electrons. The molecule has 0 saturated heterocycles. The number of nitrogens with one attached hydrogen (secondary N) is 1. The molecule has 0 aliphatic heterocycles. The van der Waals surface area contributed by atoms with Crippen molar-refractivity contribution in [2.24, 2.45) is 0 Å². The summed E-state index contributed by atoms with van der Waals surface area (Å²) in [7, 11) is 0. The molecule has 3 aromatic rings. The molecule has 0 atom stereocenters. The van der Waals surface area contributed by atoms with Gasteiger partial charge in [0.1, 0.15) is 6.54 Å². The highest BCUT2D eigenvalue weighted by Gasteiger charge is 2.05. The number of anilines is 2. The molecule has 3 rings (SSSR count). The molecular formula is C14H13N5O. The quantitative estimate of drug-likeness (QED) is 0.755. The number of rotatable bonds is 3. The van der Waals surface area contributed by atoms with Crippen LogP contribution in [-0.2, 0) is 11.3 Å². The number of nitrogen functional groups attached to an aromatic ring is 1. The van der Waals surface area contributed by atoms with Crippen molar-refractivity contribution in [1.82, 2.24) is 14.8 Å². The van der Waals surface area contributed by atoms with Gasteiger partial charge in [0, 0.05) is 23.5 Å². The van der Waals surface area contributed by atoms with Gasteiger partial charge in [-0.25, -0.2) is 0 Å². The van der Waals surface area contributed by atoms with E-state index in [1.54, 1.807) is 12.4 Å². The molecule has 0 bridgehead atoms. The summed E-state index contributed by atoms with van der Waals surface area (Å²) in [6, 6.07) is 9.39. The molecule has 3 N–H and O–H groups in total. The largest absolute Gasteiger partial charge is 0.396 e. The van der Waals surface area contributed by atoms with Crippen LogP contribution in [0.2, 0.25) is 0 Å². The number of pyridine rings is 1. The number of carbonyl (C=O) groups is 1. The zero-order valence-electron chi connectivity index (χ0n) is 10.7. The Morgan fingerprint density at radius 1 is 1.35 bits per heavy atom. The minimum absolute atomic E-state index is 0.127. The van der Waals surface area contributed by atoms with Crippen molar-refractivity contribution in [2.75, 3.05) is 11.1 Å². The standard InChI is InChI=1S/C14H13N5O/c15-11-7-17-19(8-11)9-14(20)18-12-3-4-13-10(6-12)2-1-5-16-13/h1-8H,9,15H2,(H,18,20). The van der Waals surface area contributed by atoms with Crippen molar-refractivity contribution in [3.8, 4) is 0 Å². The predicted molar refractivity (Wildman–Crippen MR) is 77.0 cm³/mol. The van der Waals surface area contributed by atoms with E-state index in [0.29, 0.717) is 5.69 Å². The first-order valence-electron chi connectivity index (χ1n) is 6.13. The van der Waals surface area contributed by atoms with Gasteiger partial charge in [-0.2, -0.15) is 5.10 Å². The molecule has 6 heteroatoms. The first-order valence-corrected chi connectivity index (χ1v) is 6.13. The highest BCUT2D eigenvalue weighted by molar-refractivity contribution is 5.93. The Bertz CT molecular complexity index is 765. The van der Waals surface area contributed by atoms with E-state index in [0.717, 1.165) is 16.6 Å². The van der Waals surface area contributed by atoms with Crippen LogP contribution in [0.5, 0.6) is 0 Å². The minimum atomic E-state index is -0.156. The number of hydrogen-bond acceptors (Lipinski definition) is 4. The molecule has 2 aromatic heterocycles. The molecule has 1 aromatic carbocycles. The zero-order chi connectivity index (χ0) is 13.9. The SMILES string of the molecule is Nc1cnn(CC(=O)Nc2ccc3ncccc3c2)c1. The lowest BCUT2D eigenvalue weighted by Crippen LogP contribution is -2.18. The van der Waals surface area contributed by atoms with E-state index in [-0.39, 0.29) is 12.5 Å². The summed E-state index contributed by atoms with van der Waals surface area (Å²) in [4.78, 5) is 16.1. The lowest BCUT2D eigenvalue weighted by Gasteiger charge is -2.06. The molecule has 0 fully saturated rings.